The molecule has 3 nitrogen and oxygen atoms in total. The van der Waals surface area contributed by atoms with Crippen LogP contribution in [-0.4, -0.2) is 50.8 Å². The molecule has 2 aliphatic heterocycles. The van der Waals surface area contributed by atoms with Gasteiger partial charge in [0.05, 0.1) is 0 Å². The van der Waals surface area contributed by atoms with Gasteiger partial charge in [-0.3, -0.25) is 0 Å². The molecule has 2 aliphatic rings. The lowest BCUT2D eigenvalue weighted by molar-refractivity contribution is 0.0339. The molecule has 0 aliphatic carbocycles. The molecule has 0 amide bonds. The van der Waals surface area contributed by atoms with Gasteiger partial charge in [-0.1, -0.05) is 6.92 Å². The third-order valence-corrected chi connectivity index (χ3v) is 4.01. The van der Waals surface area contributed by atoms with Crippen molar-refractivity contribution in [3.8, 4) is 0 Å². The van der Waals surface area contributed by atoms with E-state index in [9.17, 15) is 0 Å². The van der Waals surface area contributed by atoms with E-state index < -0.39 is 0 Å². The van der Waals surface area contributed by atoms with Crippen molar-refractivity contribution in [2.24, 2.45) is 11.8 Å². The van der Waals surface area contributed by atoms with E-state index in [2.05, 4.69) is 24.2 Å². The van der Waals surface area contributed by atoms with Crippen LogP contribution in [0.25, 0.3) is 0 Å². The maximum atomic E-state index is 5.40. The minimum absolute atomic E-state index is 0.759. The van der Waals surface area contributed by atoms with Crippen molar-refractivity contribution < 1.29 is 4.74 Å². The van der Waals surface area contributed by atoms with Gasteiger partial charge in [0.2, 0.25) is 0 Å². The molecule has 1 atom stereocenters. The Morgan fingerprint density at radius 1 is 1.33 bits per heavy atom. The molecule has 0 saturated carbocycles. The largest absolute Gasteiger partial charge is 0.381 e. The standard InChI is InChI=1S/C12H24N2O/c1-10(11-7-13-8-11)9-14(2)12-3-5-15-6-4-12/h10-13H,3-9H2,1-2H3. The molecule has 2 rings (SSSR count). The molecule has 0 aromatic carbocycles. The lowest BCUT2D eigenvalue weighted by Gasteiger charge is -2.38. The van der Waals surface area contributed by atoms with Crippen LogP contribution in [0.15, 0.2) is 0 Å². The Labute approximate surface area is 93.2 Å². The van der Waals surface area contributed by atoms with Crippen LogP contribution >= 0.6 is 0 Å². The number of rotatable bonds is 4. The van der Waals surface area contributed by atoms with Gasteiger partial charge in [-0.05, 0) is 44.8 Å². The summed E-state index contributed by atoms with van der Waals surface area (Å²) in [7, 11) is 2.28. The molecular weight excluding hydrogens is 188 g/mol. The highest BCUT2D eigenvalue weighted by Crippen LogP contribution is 2.20. The van der Waals surface area contributed by atoms with Crippen molar-refractivity contribution in [2.45, 2.75) is 25.8 Å². The van der Waals surface area contributed by atoms with Gasteiger partial charge < -0.3 is 15.0 Å². The van der Waals surface area contributed by atoms with Crippen LogP contribution in [0, 0.1) is 11.8 Å². The third kappa shape index (κ3) is 2.92. The number of nitrogens with zero attached hydrogens (tertiary/aromatic N) is 1. The zero-order valence-electron chi connectivity index (χ0n) is 10.0. The maximum Gasteiger partial charge on any atom is 0.0480 e. The van der Waals surface area contributed by atoms with Crippen molar-refractivity contribution >= 4 is 0 Å². The van der Waals surface area contributed by atoms with Gasteiger partial charge in [0.15, 0.2) is 0 Å². The predicted octanol–water partition coefficient (Wildman–Crippen LogP) is 0.953. The summed E-state index contributed by atoms with van der Waals surface area (Å²) in [6, 6.07) is 0.759. The fourth-order valence-corrected chi connectivity index (χ4v) is 2.59. The van der Waals surface area contributed by atoms with E-state index in [1.54, 1.807) is 0 Å². The third-order valence-electron chi connectivity index (χ3n) is 4.01. The summed E-state index contributed by atoms with van der Waals surface area (Å²) in [5.41, 5.74) is 0. The topological polar surface area (TPSA) is 24.5 Å². The van der Waals surface area contributed by atoms with Gasteiger partial charge >= 0.3 is 0 Å². The quantitative estimate of drug-likeness (QED) is 0.751. The molecule has 0 aromatic rings. The molecule has 0 radical (unpaired) electrons. The summed E-state index contributed by atoms with van der Waals surface area (Å²) in [5.74, 6) is 1.74. The van der Waals surface area contributed by atoms with E-state index in [0.29, 0.717) is 0 Å². The Morgan fingerprint density at radius 2 is 2.00 bits per heavy atom. The number of ether oxygens (including phenoxy) is 1. The average molecular weight is 212 g/mol. The number of nitrogens with one attached hydrogen (secondary N) is 1. The predicted molar refractivity (Wildman–Crippen MR) is 62.0 cm³/mol. The minimum atomic E-state index is 0.759. The SMILES string of the molecule is CC(CN(C)C1CCOCC1)C1CNC1. The molecule has 0 spiro atoms. The van der Waals surface area contributed by atoms with Gasteiger partial charge in [0.25, 0.3) is 0 Å². The molecule has 2 fully saturated rings. The molecule has 1 unspecified atom stereocenters. The molecule has 2 heterocycles. The minimum Gasteiger partial charge on any atom is -0.381 e. The van der Waals surface area contributed by atoms with Gasteiger partial charge in [0.1, 0.15) is 0 Å². The lowest BCUT2D eigenvalue weighted by Crippen LogP contribution is -2.49. The average Bonchev–Trinajstić information content (AvgIpc) is 2.16. The Kier molecular flexibility index (Phi) is 4.00. The van der Waals surface area contributed by atoms with Crippen LogP contribution < -0.4 is 5.32 Å². The Bertz CT molecular complexity index is 188. The molecule has 2 saturated heterocycles. The Hall–Kier alpha value is -0.120. The summed E-state index contributed by atoms with van der Waals surface area (Å²) in [4.78, 5) is 2.55. The molecule has 3 heteroatoms. The molecular formula is C12H24N2O. The number of hydrogen-bond acceptors (Lipinski definition) is 3. The molecule has 0 aromatic heterocycles. The van der Waals surface area contributed by atoms with Crippen LogP contribution in [0.3, 0.4) is 0 Å². The first-order valence-corrected chi connectivity index (χ1v) is 6.26. The second-order valence-electron chi connectivity index (χ2n) is 5.18. The Morgan fingerprint density at radius 3 is 2.53 bits per heavy atom. The molecule has 88 valence electrons. The summed E-state index contributed by atoms with van der Waals surface area (Å²) >= 11 is 0. The van der Waals surface area contributed by atoms with Crippen molar-refractivity contribution in [2.75, 3.05) is 39.9 Å². The Balaban J connectivity index is 1.72. The van der Waals surface area contributed by atoms with E-state index in [1.165, 1.54) is 32.5 Å². The summed E-state index contributed by atoms with van der Waals surface area (Å²) in [6.07, 6.45) is 2.43. The van der Waals surface area contributed by atoms with E-state index in [0.717, 1.165) is 31.1 Å². The van der Waals surface area contributed by atoms with Gasteiger partial charge in [-0.15, -0.1) is 0 Å². The normalized spacial score (nSPS) is 26.6. The van der Waals surface area contributed by atoms with E-state index >= 15 is 0 Å². The summed E-state index contributed by atoms with van der Waals surface area (Å²) < 4.78 is 5.40. The number of hydrogen-bond donors (Lipinski definition) is 1. The van der Waals surface area contributed by atoms with E-state index in [4.69, 9.17) is 4.74 Å². The maximum absolute atomic E-state index is 5.40. The van der Waals surface area contributed by atoms with Crippen molar-refractivity contribution in [1.82, 2.24) is 10.2 Å². The highest BCUT2D eigenvalue weighted by atomic mass is 16.5. The van der Waals surface area contributed by atoms with Gasteiger partial charge in [-0.25, -0.2) is 0 Å². The highest BCUT2D eigenvalue weighted by Gasteiger charge is 2.26. The zero-order valence-corrected chi connectivity index (χ0v) is 10.0. The van der Waals surface area contributed by atoms with Gasteiger partial charge in [-0.2, -0.15) is 0 Å². The molecule has 1 N–H and O–H groups in total. The van der Waals surface area contributed by atoms with Crippen LogP contribution in [0.1, 0.15) is 19.8 Å². The highest BCUT2D eigenvalue weighted by molar-refractivity contribution is 4.82. The van der Waals surface area contributed by atoms with Crippen LogP contribution in [0.5, 0.6) is 0 Å². The summed E-state index contributed by atoms with van der Waals surface area (Å²) in [6.45, 7) is 7.99. The van der Waals surface area contributed by atoms with E-state index in [-0.39, 0.29) is 0 Å². The smallest absolute Gasteiger partial charge is 0.0480 e. The van der Waals surface area contributed by atoms with Gasteiger partial charge in [0, 0.05) is 25.8 Å². The molecule has 15 heavy (non-hydrogen) atoms. The fraction of sp³-hybridized carbons (Fsp3) is 1.00. The zero-order chi connectivity index (χ0) is 10.7. The van der Waals surface area contributed by atoms with Crippen LogP contribution in [0.2, 0.25) is 0 Å². The first kappa shape index (κ1) is 11.4. The summed E-state index contributed by atoms with van der Waals surface area (Å²) in [5, 5.41) is 3.36. The van der Waals surface area contributed by atoms with E-state index in [1.807, 2.05) is 0 Å². The first-order chi connectivity index (χ1) is 7.27. The monoisotopic (exact) mass is 212 g/mol. The fourth-order valence-electron chi connectivity index (χ4n) is 2.59. The van der Waals surface area contributed by atoms with Crippen LogP contribution in [0.4, 0.5) is 0 Å². The second-order valence-corrected chi connectivity index (χ2v) is 5.18. The first-order valence-electron chi connectivity index (χ1n) is 6.26. The van der Waals surface area contributed by atoms with Crippen molar-refractivity contribution in [1.29, 1.82) is 0 Å². The lowest BCUT2D eigenvalue weighted by atomic mass is 9.88. The van der Waals surface area contributed by atoms with Crippen LogP contribution in [-0.2, 0) is 4.74 Å². The second kappa shape index (κ2) is 5.28. The van der Waals surface area contributed by atoms with Crippen molar-refractivity contribution in [3.63, 3.8) is 0 Å². The van der Waals surface area contributed by atoms with Crippen molar-refractivity contribution in [3.05, 3.63) is 0 Å². The molecule has 0 bridgehead atoms.